The largest absolute Gasteiger partial charge is 0.497 e. The monoisotopic (exact) mass is 259 g/mol. The van der Waals surface area contributed by atoms with Crippen molar-refractivity contribution in [1.82, 2.24) is 0 Å². The minimum Gasteiger partial charge on any atom is -0.497 e. The molecule has 0 heterocycles. The van der Waals surface area contributed by atoms with Gasteiger partial charge in [-0.3, -0.25) is 0 Å². The number of alkyl halides is 2. The number of aliphatic hydroxyl groups is 1. The summed E-state index contributed by atoms with van der Waals surface area (Å²) in [5.74, 6) is -3.09. The van der Waals surface area contributed by atoms with Crippen LogP contribution in [0.2, 0.25) is 0 Å². The fourth-order valence-electron chi connectivity index (χ4n) is 1.54. The number of methoxy groups -OCH3 is 1. The highest BCUT2D eigenvalue weighted by Crippen LogP contribution is 2.40. The topological polar surface area (TPSA) is 55.5 Å². The summed E-state index contributed by atoms with van der Waals surface area (Å²) in [5, 5.41) is 9.57. The van der Waals surface area contributed by atoms with E-state index in [9.17, 15) is 13.9 Å². The first-order valence-corrected chi connectivity index (χ1v) is 5.65. The molecule has 3 N–H and O–H groups in total. The van der Waals surface area contributed by atoms with Gasteiger partial charge in [0.15, 0.2) is 0 Å². The van der Waals surface area contributed by atoms with Gasteiger partial charge in [0.25, 0.3) is 0 Å². The van der Waals surface area contributed by atoms with Crippen molar-refractivity contribution in [3.8, 4) is 5.75 Å². The molecule has 0 aliphatic carbocycles. The predicted molar refractivity (Wildman–Crippen MR) is 65.8 cm³/mol. The molecule has 0 aliphatic heterocycles. The Bertz CT molecular complexity index is 425. The van der Waals surface area contributed by atoms with Crippen molar-refractivity contribution < 1.29 is 18.6 Å². The molecule has 0 saturated heterocycles. The number of halogens is 2. The molecule has 0 aliphatic rings. The van der Waals surface area contributed by atoms with E-state index in [0.29, 0.717) is 11.3 Å². The van der Waals surface area contributed by atoms with Gasteiger partial charge in [-0.05, 0) is 44.5 Å². The van der Waals surface area contributed by atoms with E-state index in [1.807, 2.05) is 0 Å². The summed E-state index contributed by atoms with van der Waals surface area (Å²) >= 11 is 0. The second-order valence-corrected chi connectivity index (χ2v) is 4.92. The first kappa shape index (κ1) is 14.9. The number of rotatable bonds is 4. The molecule has 0 saturated carbocycles. The maximum Gasteiger partial charge on any atom is 0.300 e. The lowest BCUT2D eigenvalue weighted by atomic mass is 9.91. The van der Waals surface area contributed by atoms with E-state index in [4.69, 9.17) is 10.5 Å². The third-order valence-electron chi connectivity index (χ3n) is 2.82. The Morgan fingerprint density at radius 1 is 1.28 bits per heavy atom. The van der Waals surface area contributed by atoms with Crippen molar-refractivity contribution in [2.45, 2.75) is 38.3 Å². The molecular weight excluding hydrogens is 240 g/mol. The number of benzene rings is 1. The van der Waals surface area contributed by atoms with E-state index in [0.717, 1.165) is 13.8 Å². The summed E-state index contributed by atoms with van der Waals surface area (Å²) in [7, 11) is 1.40. The Kier molecular flexibility index (Phi) is 3.98. The smallest absolute Gasteiger partial charge is 0.300 e. The summed E-state index contributed by atoms with van der Waals surface area (Å²) in [6, 6.07) is 3.72. The van der Waals surface area contributed by atoms with Crippen LogP contribution in [-0.2, 0) is 5.92 Å². The van der Waals surface area contributed by atoms with E-state index in [1.54, 1.807) is 13.0 Å². The number of ether oxygens (including phenoxy) is 1. The van der Waals surface area contributed by atoms with Crippen molar-refractivity contribution in [2.75, 3.05) is 7.11 Å². The summed E-state index contributed by atoms with van der Waals surface area (Å²) < 4.78 is 33.1. The lowest BCUT2D eigenvalue weighted by Crippen LogP contribution is -2.40. The Hall–Kier alpha value is -1.20. The first-order valence-electron chi connectivity index (χ1n) is 5.65. The molecule has 1 atom stereocenters. The maximum atomic E-state index is 14.1. The van der Waals surface area contributed by atoms with E-state index in [-0.39, 0.29) is 5.56 Å². The molecule has 0 amide bonds. The molecule has 0 radical (unpaired) electrons. The van der Waals surface area contributed by atoms with Gasteiger partial charge in [-0.2, -0.15) is 8.78 Å². The van der Waals surface area contributed by atoms with Crippen LogP contribution in [0.5, 0.6) is 5.75 Å². The van der Waals surface area contributed by atoms with Gasteiger partial charge in [0, 0.05) is 11.6 Å². The molecule has 0 bridgehead atoms. The quantitative estimate of drug-likeness (QED) is 0.873. The normalized spacial score (nSPS) is 14.4. The molecule has 102 valence electrons. The van der Waals surface area contributed by atoms with Crippen LogP contribution < -0.4 is 10.5 Å². The van der Waals surface area contributed by atoms with Gasteiger partial charge in [0.05, 0.1) is 7.11 Å². The van der Waals surface area contributed by atoms with Crippen molar-refractivity contribution in [1.29, 1.82) is 0 Å². The molecule has 0 fully saturated rings. The van der Waals surface area contributed by atoms with Gasteiger partial charge in [-0.1, -0.05) is 0 Å². The second-order valence-electron chi connectivity index (χ2n) is 4.92. The van der Waals surface area contributed by atoms with Gasteiger partial charge in [0.2, 0.25) is 0 Å². The lowest BCUT2D eigenvalue weighted by Gasteiger charge is -2.30. The van der Waals surface area contributed by atoms with E-state index in [1.165, 1.54) is 19.2 Å². The van der Waals surface area contributed by atoms with E-state index < -0.39 is 17.6 Å². The van der Waals surface area contributed by atoms with Crippen LogP contribution in [0, 0.1) is 0 Å². The molecule has 1 unspecified atom stereocenters. The third kappa shape index (κ3) is 2.79. The zero-order valence-electron chi connectivity index (χ0n) is 11.0. The predicted octanol–water partition coefficient (Wildman–Crippen LogP) is 2.58. The lowest BCUT2D eigenvalue weighted by molar-refractivity contribution is -0.168. The third-order valence-corrected chi connectivity index (χ3v) is 2.82. The Morgan fingerprint density at radius 3 is 2.22 bits per heavy atom. The zero-order chi connectivity index (χ0) is 14.1. The molecule has 0 aromatic heterocycles. The summed E-state index contributed by atoms with van der Waals surface area (Å²) in [6.07, 6.45) is 0. The molecule has 5 heteroatoms. The zero-order valence-corrected chi connectivity index (χ0v) is 11.0. The Morgan fingerprint density at radius 2 is 1.83 bits per heavy atom. The Labute approximate surface area is 106 Å². The fraction of sp³-hybridized carbons (Fsp3) is 0.538. The van der Waals surface area contributed by atoms with Gasteiger partial charge in [-0.25, -0.2) is 0 Å². The SMILES string of the molecule is COc1cc(C(C)N)cc(C(F)(F)C(C)(C)O)c1. The van der Waals surface area contributed by atoms with Crippen LogP contribution in [0.15, 0.2) is 18.2 Å². The second kappa shape index (κ2) is 4.82. The van der Waals surface area contributed by atoms with Crippen molar-refractivity contribution in [3.05, 3.63) is 29.3 Å². The average Bonchev–Trinajstić information content (AvgIpc) is 2.26. The molecule has 1 aromatic carbocycles. The molecule has 3 nitrogen and oxygen atoms in total. The fourth-order valence-corrected chi connectivity index (χ4v) is 1.54. The standard InChI is InChI=1S/C13H19F2NO2/c1-8(16)9-5-10(7-11(6-9)18-4)13(14,15)12(2,3)17/h5-8,17H,16H2,1-4H3. The minimum absolute atomic E-state index is 0.295. The van der Waals surface area contributed by atoms with Crippen LogP contribution in [0.3, 0.4) is 0 Å². The number of hydrogen-bond donors (Lipinski definition) is 2. The van der Waals surface area contributed by atoms with Crippen LogP contribution in [-0.4, -0.2) is 17.8 Å². The number of nitrogens with two attached hydrogens (primary N) is 1. The average molecular weight is 259 g/mol. The van der Waals surface area contributed by atoms with Crippen molar-refractivity contribution in [3.63, 3.8) is 0 Å². The molecule has 0 spiro atoms. The van der Waals surface area contributed by atoms with Crippen molar-refractivity contribution >= 4 is 0 Å². The van der Waals surface area contributed by atoms with Crippen LogP contribution in [0.25, 0.3) is 0 Å². The Balaban J connectivity index is 3.36. The summed E-state index contributed by atoms with van der Waals surface area (Å²) in [4.78, 5) is 0. The van der Waals surface area contributed by atoms with Crippen LogP contribution >= 0.6 is 0 Å². The van der Waals surface area contributed by atoms with Gasteiger partial charge < -0.3 is 15.6 Å². The summed E-state index contributed by atoms with van der Waals surface area (Å²) in [6.45, 7) is 3.83. The maximum absolute atomic E-state index is 14.1. The van der Waals surface area contributed by atoms with Gasteiger partial charge in [-0.15, -0.1) is 0 Å². The summed E-state index contributed by atoms with van der Waals surface area (Å²) in [5.41, 5.74) is 3.77. The van der Waals surface area contributed by atoms with Gasteiger partial charge >= 0.3 is 5.92 Å². The molecule has 18 heavy (non-hydrogen) atoms. The first-order chi connectivity index (χ1) is 8.09. The van der Waals surface area contributed by atoms with Crippen LogP contribution in [0.1, 0.15) is 37.9 Å². The minimum atomic E-state index is -3.38. The van der Waals surface area contributed by atoms with Crippen LogP contribution in [0.4, 0.5) is 8.78 Å². The molecule has 1 aromatic rings. The van der Waals surface area contributed by atoms with E-state index >= 15 is 0 Å². The molecular formula is C13H19F2NO2. The number of hydrogen-bond acceptors (Lipinski definition) is 3. The van der Waals surface area contributed by atoms with E-state index in [2.05, 4.69) is 0 Å². The highest BCUT2D eigenvalue weighted by Gasteiger charge is 2.47. The van der Waals surface area contributed by atoms with Crippen molar-refractivity contribution in [2.24, 2.45) is 5.73 Å². The van der Waals surface area contributed by atoms with Gasteiger partial charge in [0.1, 0.15) is 11.4 Å². The highest BCUT2D eigenvalue weighted by atomic mass is 19.3. The highest BCUT2D eigenvalue weighted by molar-refractivity contribution is 5.38. The molecule has 1 rings (SSSR count).